The lowest BCUT2D eigenvalue weighted by molar-refractivity contribution is -0.143. The quantitative estimate of drug-likeness (QED) is 0.378. The van der Waals surface area contributed by atoms with Crippen molar-refractivity contribution in [1.82, 2.24) is 25.2 Å². The summed E-state index contributed by atoms with van der Waals surface area (Å²) in [6.07, 6.45) is 2.74. The fourth-order valence-corrected chi connectivity index (χ4v) is 9.28. The van der Waals surface area contributed by atoms with Gasteiger partial charge in [-0.05, 0) is 60.5 Å². The van der Waals surface area contributed by atoms with E-state index in [0.717, 1.165) is 36.8 Å². The average Bonchev–Trinajstić information content (AvgIpc) is 4.00. The van der Waals surface area contributed by atoms with E-state index in [1.807, 2.05) is 39.0 Å². The highest BCUT2D eigenvalue weighted by molar-refractivity contribution is 7.91. The number of carbonyl (C=O) groups is 5. The van der Waals surface area contributed by atoms with Gasteiger partial charge in [0.2, 0.25) is 21.8 Å². The Hall–Kier alpha value is -4.08. The van der Waals surface area contributed by atoms with E-state index in [0.29, 0.717) is 38.2 Å². The lowest BCUT2D eigenvalue weighted by Gasteiger charge is -2.35. The molecular weight excluding hydrogens is 731 g/mol. The number of rotatable bonds is 6. The zero-order valence-electron chi connectivity index (χ0n) is 32.9. The second-order valence-corrected chi connectivity index (χ2v) is 19.7. The summed E-state index contributed by atoms with van der Waals surface area (Å²) in [4.78, 5) is 72.2. The van der Waals surface area contributed by atoms with Gasteiger partial charge in [0.25, 0.3) is 5.91 Å². The summed E-state index contributed by atoms with van der Waals surface area (Å²) in [6, 6.07) is 3.40. The first-order chi connectivity index (χ1) is 25.8. The SMILES string of the molecule is CC[C@H]1C[C@@]1(NC(=O)[C@@H]1CC2CN1C(=O)[C@H](C(C)(C)C)NC(=O)OCC(C)(C)CCCCCOc1cccc3c1CN(C3)C(=O)O2)C(=O)NS(=O)(=O)C1CC1. The number of sulfonamides is 1. The smallest absolute Gasteiger partial charge is 0.410 e. The Balaban J connectivity index is 1.27. The molecular formula is C39H57N5O10S. The molecule has 3 heterocycles. The summed E-state index contributed by atoms with van der Waals surface area (Å²) in [5.41, 5.74) is -0.780. The van der Waals surface area contributed by atoms with E-state index in [1.54, 1.807) is 25.7 Å². The van der Waals surface area contributed by atoms with Crippen LogP contribution in [-0.2, 0) is 47.0 Å². The Bertz CT molecular complexity index is 1790. The Morgan fingerprint density at radius 2 is 1.78 bits per heavy atom. The van der Waals surface area contributed by atoms with Crippen LogP contribution in [0, 0.1) is 16.7 Å². The maximum Gasteiger partial charge on any atom is 0.410 e. The van der Waals surface area contributed by atoms with Gasteiger partial charge in [-0.1, -0.05) is 72.9 Å². The minimum Gasteiger partial charge on any atom is -0.493 e. The molecule has 15 nitrogen and oxygen atoms in total. The predicted molar refractivity (Wildman–Crippen MR) is 201 cm³/mol. The van der Waals surface area contributed by atoms with E-state index in [1.165, 1.54) is 4.90 Å². The number of amides is 5. The number of carbonyl (C=O) groups excluding carboxylic acids is 5. The van der Waals surface area contributed by atoms with E-state index >= 15 is 0 Å². The highest BCUT2D eigenvalue weighted by Crippen LogP contribution is 2.47. The molecule has 5 amide bonds. The molecule has 55 heavy (non-hydrogen) atoms. The topological polar surface area (TPSA) is 190 Å². The van der Waals surface area contributed by atoms with Crippen LogP contribution in [0.5, 0.6) is 5.75 Å². The Morgan fingerprint density at radius 1 is 1.04 bits per heavy atom. The molecule has 4 bridgehead atoms. The number of cyclic esters (lactones) is 1. The van der Waals surface area contributed by atoms with Gasteiger partial charge in [-0.3, -0.25) is 24.0 Å². The molecule has 2 aliphatic carbocycles. The second-order valence-electron chi connectivity index (χ2n) is 17.8. The van der Waals surface area contributed by atoms with Crippen LogP contribution in [-0.4, -0.2) is 96.9 Å². The first kappa shape index (κ1) is 40.6. The number of ether oxygens (including phenoxy) is 3. The summed E-state index contributed by atoms with van der Waals surface area (Å²) in [7, 11) is -3.89. The van der Waals surface area contributed by atoms with Crippen LogP contribution in [0.4, 0.5) is 9.59 Å². The van der Waals surface area contributed by atoms with Crippen molar-refractivity contribution < 1.29 is 46.6 Å². The van der Waals surface area contributed by atoms with Crippen molar-refractivity contribution in [1.29, 1.82) is 0 Å². The number of fused-ring (bicyclic) bond motifs is 3. The zero-order valence-corrected chi connectivity index (χ0v) is 33.7. The number of nitrogens with zero attached hydrogens (tertiary/aromatic N) is 2. The molecule has 3 fully saturated rings. The fourth-order valence-electron chi connectivity index (χ4n) is 7.91. The van der Waals surface area contributed by atoms with Crippen molar-refractivity contribution >= 4 is 39.9 Å². The molecule has 16 heteroatoms. The highest BCUT2D eigenvalue weighted by Gasteiger charge is 2.62. The van der Waals surface area contributed by atoms with Crippen LogP contribution in [0.3, 0.4) is 0 Å². The summed E-state index contributed by atoms with van der Waals surface area (Å²) < 4.78 is 45.5. The molecule has 304 valence electrons. The molecule has 5 aliphatic rings. The van der Waals surface area contributed by atoms with Crippen molar-refractivity contribution in [3.05, 3.63) is 29.3 Å². The molecule has 1 unspecified atom stereocenters. The van der Waals surface area contributed by atoms with Gasteiger partial charge in [-0.25, -0.2) is 18.0 Å². The number of alkyl carbamates (subject to hydrolysis) is 1. The lowest BCUT2D eigenvalue weighted by Crippen LogP contribution is -2.60. The first-order valence-corrected chi connectivity index (χ1v) is 21.2. The van der Waals surface area contributed by atoms with Crippen molar-refractivity contribution in [2.75, 3.05) is 19.8 Å². The van der Waals surface area contributed by atoms with Gasteiger partial charge in [0.1, 0.15) is 29.5 Å². The van der Waals surface area contributed by atoms with Crippen molar-refractivity contribution in [3.8, 4) is 5.75 Å². The summed E-state index contributed by atoms with van der Waals surface area (Å²) in [6.45, 7) is 12.3. The number of nitrogens with one attached hydrogen (secondary N) is 3. The number of benzene rings is 1. The Labute approximate surface area is 324 Å². The van der Waals surface area contributed by atoms with Crippen LogP contribution in [0.25, 0.3) is 0 Å². The van der Waals surface area contributed by atoms with Gasteiger partial charge in [-0.2, -0.15) is 0 Å². The summed E-state index contributed by atoms with van der Waals surface area (Å²) in [5, 5.41) is 4.94. The number of hydrogen-bond acceptors (Lipinski definition) is 10. The largest absolute Gasteiger partial charge is 0.493 e. The maximum atomic E-state index is 14.6. The van der Waals surface area contributed by atoms with Crippen LogP contribution in [0.15, 0.2) is 18.2 Å². The third-order valence-electron chi connectivity index (χ3n) is 11.6. The summed E-state index contributed by atoms with van der Waals surface area (Å²) >= 11 is 0. The molecule has 1 saturated heterocycles. The number of hydrogen-bond donors (Lipinski definition) is 3. The third kappa shape index (κ3) is 9.15. The molecule has 6 rings (SSSR count). The molecule has 5 atom stereocenters. The van der Waals surface area contributed by atoms with Crippen LogP contribution in [0.2, 0.25) is 0 Å². The van der Waals surface area contributed by atoms with Gasteiger partial charge in [0.05, 0.1) is 31.6 Å². The maximum absolute atomic E-state index is 14.6. The molecule has 1 aromatic rings. The first-order valence-electron chi connectivity index (χ1n) is 19.6. The molecule has 0 spiro atoms. The van der Waals surface area contributed by atoms with Crippen molar-refractivity contribution in [3.63, 3.8) is 0 Å². The Morgan fingerprint density at radius 3 is 2.45 bits per heavy atom. The highest BCUT2D eigenvalue weighted by atomic mass is 32.2. The van der Waals surface area contributed by atoms with Crippen molar-refractivity contribution in [2.24, 2.45) is 16.7 Å². The second kappa shape index (κ2) is 15.5. The van der Waals surface area contributed by atoms with Gasteiger partial charge < -0.3 is 29.7 Å². The zero-order chi connectivity index (χ0) is 39.9. The van der Waals surface area contributed by atoms with E-state index in [-0.39, 0.29) is 43.9 Å². The lowest BCUT2D eigenvalue weighted by atomic mass is 9.85. The van der Waals surface area contributed by atoms with Crippen LogP contribution < -0.4 is 20.1 Å². The molecule has 3 N–H and O–H groups in total. The third-order valence-corrected chi connectivity index (χ3v) is 13.4. The molecule has 0 aromatic heterocycles. The van der Waals surface area contributed by atoms with Gasteiger partial charge >= 0.3 is 12.2 Å². The predicted octanol–water partition coefficient (Wildman–Crippen LogP) is 4.12. The monoisotopic (exact) mass is 787 g/mol. The minimum atomic E-state index is -3.89. The van der Waals surface area contributed by atoms with E-state index in [9.17, 15) is 32.4 Å². The normalized spacial score (nSPS) is 29.1. The molecule has 3 aliphatic heterocycles. The van der Waals surface area contributed by atoms with E-state index < -0.39 is 74.3 Å². The van der Waals surface area contributed by atoms with Crippen LogP contribution in [0.1, 0.15) is 110 Å². The van der Waals surface area contributed by atoms with Gasteiger partial charge in [0, 0.05) is 18.5 Å². The molecule has 1 aromatic carbocycles. The molecule has 0 radical (unpaired) electrons. The minimum absolute atomic E-state index is 0.0805. The average molecular weight is 788 g/mol. The van der Waals surface area contributed by atoms with Crippen LogP contribution >= 0.6 is 0 Å². The van der Waals surface area contributed by atoms with E-state index in [4.69, 9.17) is 14.2 Å². The standard InChI is InChI=1S/C39H57N5O10S/c1-7-25-19-39(25,34(47)42-55(50,51)27-14-15-27)41-32(45)29-18-26-21-44(29)33(46)31(37(2,3)4)40-35(48)53-23-38(5,6)16-9-8-10-17-52-30-13-11-12-24-20-43(22-28(24)30)36(49)54-26/h11-13,25-27,29,31H,7-10,14-23H2,1-6H3,(H,40,48)(H,41,45)(H,42,47)/t25-,26?,29-,31+,39-/m0/s1. The fraction of sp³-hybridized carbons (Fsp3) is 0.718. The van der Waals surface area contributed by atoms with E-state index in [2.05, 4.69) is 15.4 Å². The Kier molecular flexibility index (Phi) is 11.4. The van der Waals surface area contributed by atoms with Gasteiger partial charge in [0.15, 0.2) is 0 Å². The summed E-state index contributed by atoms with van der Waals surface area (Å²) in [5.74, 6) is -1.67. The molecule has 2 saturated carbocycles. The van der Waals surface area contributed by atoms with Crippen molar-refractivity contribution in [2.45, 2.75) is 141 Å². The van der Waals surface area contributed by atoms with Gasteiger partial charge in [-0.15, -0.1) is 0 Å².